The van der Waals surface area contributed by atoms with Gasteiger partial charge >= 0.3 is 0 Å². The van der Waals surface area contributed by atoms with E-state index >= 15 is 0 Å². The predicted molar refractivity (Wildman–Crippen MR) is 87.0 cm³/mol. The fourth-order valence-corrected chi connectivity index (χ4v) is 2.69. The largest absolute Gasteiger partial charge is 0.297 e. The molecule has 0 fully saturated rings. The summed E-state index contributed by atoms with van der Waals surface area (Å²) in [4.78, 5) is 0.171. The van der Waals surface area contributed by atoms with E-state index in [1.165, 1.54) is 5.56 Å². The molecule has 0 bridgehead atoms. The summed E-state index contributed by atoms with van der Waals surface area (Å²) in [5, 5.41) is 0. The van der Waals surface area contributed by atoms with Crippen molar-refractivity contribution < 1.29 is 12.6 Å². The molecule has 0 saturated carbocycles. The van der Waals surface area contributed by atoms with Gasteiger partial charge in [0.25, 0.3) is 10.1 Å². The first-order valence-corrected chi connectivity index (χ1v) is 8.40. The Balaban J connectivity index is 1.88. The first kappa shape index (κ1) is 16.3. The molecule has 0 aliphatic rings. The van der Waals surface area contributed by atoms with Gasteiger partial charge in [-0.2, -0.15) is 8.42 Å². The summed E-state index contributed by atoms with van der Waals surface area (Å²) < 4.78 is 28.9. The standard InChI is InChI=1S/C18H18O3S/c1-15-6-10-17(11-7-15)5-3-4-14-21-22(19,20)18-12-8-16(2)9-13-18/h6-13H,4,14H2,1-2H3. The van der Waals surface area contributed by atoms with E-state index in [2.05, 4.69) is 11.8 Å². The minimum atomic E-state index is -3.70. The zero-order valence-electron chi connectivity index (χ0n) is 12.7. The monoisotopic (exact) mass is 314 g/mol. The Kier molecular flexibility index (Phi) is 5.37. The van der Waals surface area contributed by atoms with Crippen LogP contribution in [0.25, 0.3) is 0 Å². The van der Waals surface area contributed by atoms with Gasteiger partial charge in [-0.3, -0.25) is 4.18 Å². The Morgan fingerprint density at radius 2 is 1.45 bits per heavy atom. The van der Waals surface area contributed by atoms with Crippen molar-refractivity contribution >= 4 is 10.1 Å². The molecule has 0 aliphatic carbocycles. The van der Waals surface area contributed by atoms with Crippen LogP contribution in [0, 0.1) is 25.7 Å². The van der Waals surface area contributed by atoms with Crippen LogP contribution in [0.15, 0.2) is 53.4 Å². The summed E-state index contributed by atoms with van der Waals surface area (Å²) in [6.45, 7) is 3.97. The lowest BCUT2D eigenvalue weighted by Crippen LogP contribution is -2.07. The highest BCUT2D eigenvalue weighted by Gasteiger charge is 2.13. The van der Waals surface area contributed by atoms with E-state index in [1.807, 2.05) is 38.1 Å². The lowest BCUT2D eigenvalue weighted by Gasteiger charge is -2.04. The SMILES string of the molecule is Cc1ccc(C#CCCOS(=O)(=O)c2ccc(C)cc2)cc1. The lowest BCUT2D eigenvalue weighted by atomic mass is 10.1. The van der Waals surface area contributed by atoms with Gasteiger partial charge in [0.1, 0.15) is 0 Å². The van der Waals surface area contributed by atoms with E-state index in [9.17, 15) is 8.42 Å². The first-order chi connectivity index (χ1) is 10.5. The highest BCUT2D eigenvalue weighted by molar-refractivity contribution is 7.86. The molecule has 2 rings (SSSR count). The lowest BCUT2D eigenvalue weighted by molar-refractivity contribution is 0.326. The summed E-state index contributed by atoms with van der Waals surface area (Å²) in [6.07, 6.45) is 0.360. The van der Waals surface area contributed by atoms with Crippen LogP contribution in [0.5, 0.6) is 0 Å². The molecular formula is C18H18O3S. The van der Waals surface area contributed by atoms with Gasteiger partial charge in [0, 0.05) is 12.0 Å². The van der Waals surface area contributed by atoms with E-state index in [-0.39, 0.29) is 11.5 Å². The molecule has 4 heteroatoms. The molecule has 0 aromatic heterocycles. The Bertz CT molecular complexity index is 777. The first-order valence-electron chi connectivity index (χ1n) is 6.99. The number of hydrogen-bond acceptors (Lipinski definition) is 3. The molecule has 0 radical (unpaired) electrons. The number of benzene rings is 2. The van der Waals surface area contributed by atoms with Crippen molar-refractivity contribution in [3.8, 4) is 11.8 Å². The van der Waals surface area contributed by atoms with Crippen molar-refractivity contribution in [3.63, 3.8) is 0 Å². The summed E-state index contributed by atoms with van der Waals surface area (Å²) in [5.41, 5.74) is 3.09. The smallest absolute Gasteiger partial charge is 0.265 e. The molecule has 22 heavy (non-hydrogen) atoms. The zero-order valence-corrected chi connectivity index (χ0v) is 13.5. The van der Waals surface area contributed by atoms with E-state index in [0.29, 0.717) is 6.42 Å². The number of rotatable bonds is 4. The maximum absolute atomic E-state index is 11.9. The molecule has 0 N–H and O–H groups in total. The van der Waals surface area contributed by atoms with Crippen LogP contribution in [-0.4, -0.2) is 15.0 Å². The molecule has 0 spiro atoms. The van der Waals surface area contributed by atoms with Crippen LogP contribution >= 0.6 is 0 Å². The summed E-state index contributed by atoms with van der Waals surface area (Å²) >= 11 is 0. The normalized spacial score (nSPS) is 10.8. The zero-order chi connectivity index (χ0) is 16.0. The molecule has 0 saturated heterocycles. The second-order valence-corrected chi connectivity index (χ2v) is 6.62. The van der Waals surface area contributed by atoms with Gasteiger partial charge in [-0.05, 0) is 38.1 Å². The molecule has 2 aromatic carbocycles. The molecule has 3 nitrogen and oxygen atoms in total. The van der Waals surface area contributed by atoms with E-state index < -0.39 is 10.1 Å². The van der Waals surface area contributed by atoms with Gasteiger partial charge in [-0.15, -0.1) is 0 Å². The highest BCUT2D eigenvalue weighted by Crippen LogP contribution is 2.13. The topological polar surface area (TPSA) is 43.4 Å². The van der Waals surface area contributed by atoms with Crippen LogP contribution in [0.2, 0.25) is 0 Å². The fourth-order valence-electron chi connectivity index (χ4n) is 1.78. The summed E-state index contributed by atoms with van der Waals surface area (Å²) in [7, 11) is -3.70. The molecular weight excluding hydrogens is 296 g/mol. The Hall–Kier alpha value is -2.09. The molecule has 2 aromatic rings. The van der Waals surface area contributed by atoms with Gasteiger partial charge < -0.3 is 0 Å². The van der Waals surface area contributed by atoms with Gasteiger partial charge in [0.05, 0.1) is 11.5 Å². The number of hydrogen-bond donors (Lipinski definition) is 0. The Morgan fingerprint density at radius 1 is 0.909 bits per heavy atom. The van der Waals surface area contributed by atoms with E-state index in [4.69, 9.17) is 4.18 Å². The van der Waals surface area contributed by atoms with Crippen LogP contribution in [0.1, 0.15) is 23.1 Å². The van der Waals surface area contributed by atoms with Crippen LogP contribution < -0.4 is 0 Å². The van der Waals surface area contributed by atoms with Crippen molar-refractivity contribution in [1.29, 1.82) is 0 Å². The minimum absolute atomic E-state index is 0.0507. The molecule has 0 atom stereocenters. The van der Waals surface area contributed by atoms with Gasteiger partial charge in [0.15, 0.2) is 0 Å². The Labute approximate surface area is 132 Å². The van der Waals surface area contributed by atoms with Crippen molar-refractivity contribution in [2.45, 2.75) is 25.2 Å². The Morgan fingerprint density at radius 3 is 2.05 bits per heavy atom. The van der Waals surface area contributed by atoms with Crippen molar-refractivity contribution in [2.24, 2.45) is 0 Å². The van der Waals surface area contributed by atoms with Crippen molar-refractivity contribution in [2.75, 3.05) is 6.61 Å². The van der Waals surface area contributed by atoms with Gasteiger partial charge in [-0.1, -0.05) is 47.2 Å². The van der Waals surface area contributed by atoms with E-state index in [0.717, 1.165) is 11.1 Å². The second-order valence-electron chi connectivity index (χ2n) is 5.01. The quantitative estimate of drug-likeness (QED) is 0.493. The minimum Gasteiger partial charge on any atom is -0.265 e. The third-order valence-electron chi connectivity index (χ3n) is 3.06. The molecule has 0 aliphatic heterocycles. The van der Waals surface area contributed by atoms with Crippen LogP contribution in [0.4, 0.5) is 0 Å². The van der Waals surface area contributed by atoms with Crippen LogP contribution in [-0.2, 0) is 14.3 Å². The second kappa shape index (κ2) is 7.26. The van der Waals surface area contributed by atoms with Crippen molar-refractivity contribution in [3.05, 3.63) is 65.2 Å². The maximum atomic E-state index is 11.9. The maximum Gasteiger partial charge on any atom is 0.297 e. The van der Waals surface area contributed by atoms with Crippen molar-refractivity contribution in [1.82, 2.24) is 0 Å². The molecule has 0 unspecified atom stereocenters. The predicted octanol–water partition coefficient (Wildman–Crippen LogP) is 3.45. The third kappa shape index (κ3) is 4.73. The average molecular weight is 314 g/mol. The molecule has 114 valence electrons. The average Bonchev–Trinajstić information content (AvgIpc) is 2.49. The molecule has 0 heterocycles. The number of aryl methyl sites for hydroxylation is 2. The van der Waals surface area contributed by atoms with Gasteiger partial charge in [0.2, 0.25) is 0 Å². The third-order valence-corrected chi connectivity index (χ3v) is 4.39. The molecule has 0 amide bonds. The highest BCUT2D eigenvalue weighted by atomic mass is 32.2. The summed E-state index contributed by atoms with van der Waals surface area (Å²) in [6, 6.07) is 14.4. The summed E-state index contributed by atoms with van der Waals surface area (Å²) in [5.74, 6) is 5.90. The van der Waals surface area contributed by atoms with Gasteiger partial charge in [-0.25, -0.2) is 0 Å². The fraction of sp³-hybridized carbons (Fsp3) is 0.222. The van der Waals surface area contributed by atoms with E-state index in [1.54, 1.807) is 24.3 Å². The van der Waals surface area contributed by atoms with Crippen LogP contribution in [0.3, 0.4) is 0 Å².